The van der Waals surface area contributed by atoms with Crippen LogP contribution >= 0.6 is 11.3 Å². The van der Waals surface area contributed by atoms with Crippen molar-refractivity contribution in [2.45, 2.75) is 13.0 Å². The van der Waals surface area contributed by atoms with Crippen LogP contribution in [0, 0.1) is 12.7 Å². The highest BCUT2D eigenvalue weighted by Gasteiger charge is 2.21. The Morgan fingerprint density at radius 2 is 1.93 bits per heavy atom. The number of carbonyl (C=O) groups excluding carboxylic acids is 1. The Labute approximate surface area is 162 Å². The van der Waals surface area contributed by atoms with E-state index < -0.39 is 0 Å². The SMILES string of the molecule is Cc1nc(-c2ccccc2)c(C(=O)NCC(c2cccc(F)c2)N(C)C)s1. The predicted octanol–water partition coefficient (Wildman–Crippen LogP) is 4.29. The number of thiazole rings is 1. The van der Waals surface area contributed by atoms with Crippen LogP contribution in [0.4, 0.5) is 4.39 Å². The number of aryl methyl sites for hydroxylation is 1. The van der Waals surface area contributed by atoms with E-state index in [0.717, 1.165) is 16.1 Å². The van der Waals surface area contributed by atoms with Crippen molar-refractivity contribution in [2.24, 2.45) is 0 Å². The molecular formula is C21H22FN3OS. The lowest BCUT2D eigenvalue weighted by Gasteiger charge is -2.25. The summed E-state index contributed by atoms with van der Waals surface area (Å²) in [4.78, 5) is 19.9. The molecule has 1 heterocycles. The number of aromatic nitrogens is 1. The first-order chi connectivity index (χ1) is 13.0. The van der Waals surface area contributed by atoms with Crippen LogP contribution in [0.25, 0.3) is 11.3 Å². The van der Waals surface area contributed by atoms with E-state index in [1.54, 1.807) is 6.07 Å². The maximum absolute atomic E-state index is 13.6. The number of hydrogen-bond acceptors (Lipinski definition) is 4. The van der Waals surface area contributed by atoms with Crippen molar-refractivity contribution in [3.8, 4) is 11.3 Å². The van der Waals surface area contributed by atoms with E-state index >= 15 is 0 Å². The van der Waals surface area contributed by atoms with Gasteiger partial charge in [-0.2, -0.15) is 0 Å². The zero-order valence-corrected chi connectivity index (χ0v) is 16.4. The zero-order valence-electron chi connectivity index (χ0n) is 15.6. The standard InChI is InChI=1S/C21H22FN3OS/c1-14-24-19(15-8-5-4-6-9-15)20(27-14)21(26)23-13-18(25(2)3)16-10-7-11-17(22)12-16/h4-12,18H,13H2,1-3H3,(H,23,26). The summed E-state index contributed by atoms with van der Waals surface area (Å²) < 4.78 is 13.6. The van der Waals surface area contributed by atoms with Crippen molar-refractivity contribution in [2.75, 3.05) is 20.6 Å². The number of rotatable bonds is 6. The normalized spacial score (nSPS) is 12.2. The molecule has 1 atom stereocenters. The topological polar surface area (TPSA) is 45.2 Å². The van der Waals surface area contributed by atoms with Gasteiger partial charge in [-0.05, 0) is 38.7 Å². The zero-order chi connectivity index (χ0) is 19.4. The van der Waals surface area contributed by atoms with Crippen molar-refractivity contribution in [1.29, 1.82) is 0 Å². The van der Waals surface area contributed by atoms with Crippen LogP contribution in [0.5, 0.6) is 0 Å². The number of likely N-dealkylation sites (N-methyl/N-ethyl adjacent to an activating group) is 1. The van der Waals surface area contributed by atoms with Crippen molar-refractivity contribution < 1.29 is 9.18 Å². The van der Waals surface area contributed by atoms with Gasteiger partial charge in [0.1, 0.15) is 10.7 Å². The van der Waals surface area contributed by atoms with E-state index in [1.807, 2.05) is 62.3 Å². The van der Waals surface area contributed by atoms with Crippen LogP contribution in [-0.2, 0) is 0 Å². The molecular weight excluding hydrogens is 361 g/mol. The van der Waals surface area contributed by atoms with E-state index in [0.29, 0.717) is 17.1 Å². The van der Waals surface area contributed by atoms with E-state index in [1.165, 1.54) is 23.5 Å². The fourth-order valence-corrected chi connectivity index (χ4v) is 3.81. The number of halogens is 1. The van der Waals surface area contributed by atoms with E-state index in [2.05, 4.69) is 10.3 Å². The Morgan fingerprint density at radius 1 is 1.19 bits per heavy atom. The van der Waals surface area contributed by atoms with Crippen LogP contribution < -0.4 is 5.32 Å². The molecule has 6 heteroatoms. The molecule has 0 bridgehead atoms. The Kier molecular flexibility index (Phi) is 5.98. The average molecular weight is 383 g/mol. The van der Waals surface area contributed by atoms with E-state index in [-0.39, 0.29) is 17.8 Å². The second kappa shape index (κ2) is 8.41. The Morgan fingerprint density at radius 3 is 2.59 bits per heavy atom. The minimum atomic E-state index is -0.282. The van der Waals surface area contributed by atoms with Gasteiger partial charge in [-0.1, -0.05) is 42.5 Å². The lowest BCUT2D eigenvalue weighted by molar-refractivity contribution is 0.0946. The summed E-state index contributed by atoms with van der Waals surface area (Å²) in [7, 11) is 3.82. The highest BCUT2D eigenvalue weighted by molar-refractivity contribution is 7.14. The molecule has 0 spiro atoms. The van der Waals surface area contributed by atoms with Gasteiger partial charge in [0.05, 0.1) is 16.7 Å². The lowest BCUT2D eigenvalue weighted by Crippen LogP contribution is -2.34. The molecule has 2 aromatic carbocycles. The molecule has 1 unspecified atom stereocenters. The van der Waals surface area contributed by atoms with Crippen LogP contribution in [0.3, 0.4) is 0 Å². The maximum atomic E-state index is 13.6. The molecule has 3 aromatic rings. The minimum absolute atomic E-state index is 0.126. The lowest BCUT2D eigenvalue weighted by atomic mass is 10.1. The highest BCUT2D eigenvalue weighted by atomic mass is 32.1. The summed E-state index contributed by atoms with van der Waals surface area (Å²) in [5, 5.41) is 3.83. The fraction of sp³-hybridized carbons (Fsp3) is 0.238. The molecule has 1 amide bonds. The molecule has 0 radical (unpaired) electrons. The number of carbonyl (C=O) groups is 1. The molecule has 3 rings (SSSR count). The molecule has 1 N–H and O–H groups in total. The predicted molar refractivity (Wildman–Crippen MR) is 107 cm³/mol. The van der Waals surface area contributed by atoms with Gasteiger partial charge >= 0.3 is 0 Å². The first-order valence-corrected chi connectivity index (χ1v) is 9.50. The van der Waals surface area contributed by atoms with Gasteiger partial charge in [-0.25, -0.2) is 9.37 Å². The van der Waals surface area contributed by atoms with Crippen molar-refractivity contribution >= 4 is 17.2 Å². The summed E-state index contributed by atoms with van der Waals surface area (Å²) in [5.74, 6) is -0.446. The van der Waals surface area contributed by atoms with E-state index in [4.69, 9.17) is 0 Å². The Balaban J connectivity index is 1.79. The summed E-state index contributed by atoms with van der Waals surface area (Å²) >= 11 is 1.38. The smallest absolute Gasteiger partial charge is 0.263 e. The molecule has 1 aromatic heterocycles. The summed E-state index contributed by atoms with van der Waals surface area (Å²) in [6.07, 6.45) is 0. The number of nitrogens with zero attached hydrogens (tertiary/aromatic N) is 2. The molecule has 0 aliphatic rings. The molecule has 27 heavy (non-hydrogen) atoms. The highest BCUT2D eigenvalue weighted by Crippen LogP contribution is 2.28. The largest absolute Gasteiger partial charge is 0.349 e. The van der Waals surface area contributed by atoms with Gasteiger partial charge in [0.25, 0.3) is 5.91 Å². The Hall–Kier alpha value is -2.57. The second-order valence-electron chi connectivity index (χ2n) is 6.52. The molecule has 0 aliphatic heterocycles. The van der Waals surface area contributed by atoms with Crippen LogP contribution in [-0.4, -0.2) is 36.4 Å². The molecule has 0 saturated heterocycles. The third-order valence-electron chi connectivity index (χ3n) is 4.30. The minimum Gasteiger partial charge on any atom is -0.349 e. The van der Waals surface area contributed by atoms with Crippen LogP contribution in [0.1, 0.15) is 26.3 Å². The Bertz CT molecular complexity index is 924. The molecule has 4 nitrogen and oxygen atoms in total. The molecule has 140 valence electrons. The number of amides is 1. The quantitative estimate of drug-likeness (QED) is 0.691. The first kappa shape index (κ1) is 19.2. The van der Waals surface area contributed by atoms with Crippen molar-refractivity contribution in [3.05, 3.63) is 75.9 Å². The second-order valence-corrected chi connectivity index (χ2v) is 7.72. The molecule has 0 saturated carbocycles. The van der Waals surface area contributed by atoms with Gasteiger partial charge in [0, 0.05) is 12.1 Å². The molecule has 0 aliphatic carbocycles. The fourth-order valence-electron chi connectivity index (χ4n) is 2.95. The van der Waals surface area contributed by atoms with Crippen molar-refractivity contribution in [3.63, 3.8) is 0 Å². The summed E-state index contributed by atoms with van der Waals surface area (Å²) in [5.41, 5.74) is 2.44. The van der Waals surface area contributed by atoms with Gasteiger partial charge < -0.3 is 10.2 Å². The molecule has 0 fully saturated rings. The first-order valence-electron chi connectivity index (χ1n) is 8.68. The maximum Gasteiger partial charge on any atom is 0.263 e. The number of hydrogen-bond donors (Lipinski definition) is 1. The van der Waals surface area contributed by atoms with Gasteiger partial charge in [0.2, 0.25) is 0 Å². The van der Waals surface area contributed by atoms with Crippen LogP contribution in [0.15, 0.2) is 54.6 Å². The van der Waals surface area contributed by atoms with Gasteiger partial charge in [-0.15, -0.1) is 11.3 Å². The average Bonchev–Trinajstić information content (AvgIpc) is 3.04. The van der Waals surface area contributed by atoms with Crippen molar-refractivity contribution in [1.82, 2.24) is 15.2 Å². The van der Waals surface area contributed by atoms with E-state index in [9.17, 15) is 9.18 Å². The van der Waals surface area contributed by atoms with Gasteiger partial charge in [0.15, 0.2) is 0 Å². The number of benzene rings is 2. The van der Waals surface area contributed by atoms with Gasteiger partial charge in [-0.3, -0.25) is 4.79 Å². The number of nitrogens with one attached hydrogen (secondary N) is 1. The third kappa shape index (κ3) is 4.59. The monoisotopic (exact) mass is 383 g/mol. The van der Waals surface area contributed by atoms with Crippen LogP contribution in [0.2, 0.25) is 0 Å². The summed E-state index contributed by atoms with van der Waals surface area (Å²) in [6, 6.07) is 16.0. The summed E-state index contributed by atoms with van der Waals surface area (Å²) in [6.45, 7) is 2.27. The third-order valence-corrected chi connectivity index (χ3v) is 5.27.